The van der Waals surface area contributed by atoms with E-state index in [9.17, 15) is 14.9 Å². The van der Waals surface area contributed by atoms with Crippen LogP contribution in [0.3, 0.4) is 0 Å². The lowest BCUT2D eigenvalue weighted by atomic mass is 10.1. The minimum absolute atomic E-state index is 0.00105. The van der Waals surface area contributed by atoms with Crippen molar-refractivity contribution < 1.29 is 19.2 Å². The summed E-state index contributed by atoms with van der Waals surface area (Å²) in [5.41, 5.74) is 1.11. The van der Waals surface area contributed by atoms with E-state index < -0.39 is 11.0 Å². The van der Waals surface area contributed by atoms with Crippen LogP contribution in [0.5, 0.6) is 17.2 Å². The highest BCUT2D eigenvalue weighted by atomic mass is 16.6. The van der Waals surface area contributed by atoms with Crippen molar-refractivity contribution in [1.82, 2.24) is 5.32 Å². The van der Waals surface area contributed by atoms with Crippen molar-refractivity contribution in [2.45, 2.75) is 40.2 Å². The molecule has 0 fully saturated rings. The average Bonchev–Trinajstić information content (AvgIpc) is 2.51. The van der Waals surface area contributed by atoms with Crippen LogP contribution in [0, 0.1) is 24.0 Å². The Morgan fingerprint density at radius 2 is 1.58 bits per heavy atom. The Morgan fingerprint density at radius 3 is 2.12 bits per heavy atom. The van der Waals surface area contributed by atoms with Crippen molar-refractivity contribution in [3.63, 3.8) is 0 Å². The van der Waals surface area contributed by atoms with E-state index in [1.165, 1.54) is 24.3 Å². The largest absolute Gasteiger partial charge is 0.457 e. The topological polar surface area (TPSA) is 90.7 Å². The van der Waals surface area contributed by atoms with E-state index in [-0.39, 0.29) is 11.2 Å². The summed E-state index contributed by atoms with van der Waals surface area (Å²) >= 11 is 0. The zero-order valence-corrected chi connectivity index (χ0v) is 15.5. The molecule has 1 amide bonds. The van der Waals surface area contributed by atoms with Crippen LogP contribution in [0.1, 0.15) is 31.9 Å². The number of benzene rings is 2. The summed E-state index contributed by atoms with van der Waals surface area (Å²) in [5, 5.41) is 13.4. The lowest BCUT2D eigenvalue weighted by Crippen LogP contribution is -2.42. The number of hydrogen-bond acceptors (Lipinski definition) is 5. The standard InChI is InChI=1S/C19H22N2O5/c1-12-11-17(26-18(22)20-19(3,4)5)13(2)10-16(12)25-15-8-6-14(7-9-15)21(23)24/h6-11H,1-5H3,(H,20,22). The number of nitro benzene ring substituents is 1. The van der Waals surface area contributed by atoms with Crippen LogP contribution in [0.4, 0.5) is 10.5 Å². The van der Waals surface area contributed by atoms with Gasteiger partial charge in [0.1, 0.15) is 17.2 Å². The second-order valence-electron chi connectivity index (χ2n) is 7.00. The van der Waals surface area contributed by atoms with Crippen LogP contribution >= 0.6 is 0 Å². The van der Waals surface area contributed by atoms with Crippen molar-refractivity contribution in [2.75, 3.05) is 0 Å². The van der Waals surface area contributed by atoms with Gasteiger partial charge < -0.3 is 14.8 Å². The third-order valence-corrected chi connectivity index (χ3v) is 3.43. The molecule has 0 aliphatic rings. The molecule has 0 radical (unpaired) electrons. The van der Waals surface area contributed by atoms with Gasteiger partial charge in [-0.05, 0) is 70.0 Å². The molecule has 0 unspecified atom stereocenters. The molecule has 0 atom stereocenters. The van der Waals surface area contributed by atoms with Crippen molar-refractivity contribution in [1.29, 1.82) is 0 Å². The Balaban J connectivity index is 2.15. The summed E-state index contributed by atoms with van der Waals surface area (Å²) in [4.78, 5) is 22.2. The van der Waals surface area contributed by atoms with Gasteiger partial charge in [0.25, 0.3) is 5.69 Å². The van der Waals surface area contributed by atoms with E-state index >= 15 is 0 Å². The summed E-state index contributed by atoms with van der Waals surface area (Å²) in [6, 6.07) is 9.31. The number of non-ortho nitro benzene ring substituents is 1. The highest BCUT2D eigenvalue weighted by molar-refractivity contribution is 5.72. The van der Waals surface area contributed by atoms with Crippen molar-refractivity contribution >= 4 is 11.8 Å². The SMILES string of the molecule is Cc1cc(Oc2ccc([N+](=O)[O-])cc2)c(C)cc1OC(=O)NC(C)(C)C. The molecule has 7 nitrogen and oxygen atoms in total. The molecule has 138 valence electrons. The summed E-state index contributed by atoms with van der Waals surface area (Å²) in [6.45, 7) is 9.24. The summed E-state index contributed by atoms with van der Waals surface area (Å²) in [7, 11) is 0. The van der Waals surface area contributed by atoms with Gasteiger partial charge in [-0.25, -0.2) is 4.79 Å². The van der Waals surface area contributed by atoms with Gasteiger partial charge >= 0.3 is 6.09 Å². The fourth-order valence-electron chi connectivity index (χ4n) is 2.18. The first kappa shape index (κ1) is 19.2. The van der Waals surface area contributed by atoms with E-state index in [4.69, 9.17) is 9.47 Å². The van der Waals surface area contributed by atoms with Gasteiger partial charge in [-0.2, -0.15) is 0 Å². The summed E-state index contributed by atoms with van der Waals surface area (Å²) in [6.07, 6.45) is -0.524. The molecule has 0 spiro atoms. The van der Waals surface area contributed by atoms with Crippen molar-refractivity contribution in [3.05, 3.63) is 57.6 Å². The van der Waals surface area contributed by atoms with Gasteiger partial charge in [0.2, 0.25) is 0 Å². The molecule has 0 bridgehead atoms. The number of hydrogen-bond donors (Lipinski definition) is 1. The molecule has 0 saturated heterocycles. The first-order valence-corrected chi connectivity index (χ1v) is 8.09. The molecule has 0 aliphatic carbocycles. The summed E-state index contributed by atoms with van der Waals surface area (Å²) in [5.74, 6) is 1.51. The van der Waals surface area contributed by atoms with Gasteiger partial charge in [-0.15, -0.1) is 0 Å². The second-order valence-corrected chi connectivity index (χ2v) is 7.00. The highest BCUT2D eigenvalue weighted by Crippen LogP contribution is 2.32. The molecule has 7 heteroatoms. The molecule has 2 aromatic rings. The average molecular weight is 358 g/mol. The number of carbonyl (C=O) groups excluding carboxylic acids is 1. The number of nitro groups is 1. The van der Waals surface area contributed by atoms with Crippen LogP contribution in [-0.2, 0) is 0 Å². The van der Waals surface area contributed by atoms with Crippen LogP contribution < -0.4 is 14.8 Å². The zero-order chi connectivity index (χ0) is 19.5. The van der Waals surface area contributed by atoms with Gasteiger partial charge in [0.15, 0.2) is 0 Å². The van der Waals surface area contributed by atoms with Gasteiger partial charge in [0.05, 0.1) is 4.92 Å². The maximum absolute atomic E-state index is 11.9. The highest BCUT2D eigenvalue weighted by Gasteiger charge is 2.17. The number of nitrogens with one attached hydrogen (secondary N) is 1. The maximum Gasteiger partial charge on any atom is 0.413 e. The van der Waals surface area contributed by atoms with Gasteiger partial charge in [-0.1, -0.05) is 0 Å². The first-order valence-electron chi connectivity index (χ1n) is 8.09. The molecule has 2 aromatic carbocycles. The van der Waals surface area contributed by atoms with Crippen LogP contribution in [-0.4, -0.2) is 16.6 Å². The third-order valence-electron chi connectivity index (χ3n) is 3.43. The lowest BCUT2D eigenvalue weighted by Gasteiger charge is -2.20. The molecular weight excluding hydrogens is 336 g/mol. The number of ether oxygens (including phenoxy) is 2. The number of rotatable bonds is 4. The van der Waals surface area contributed by atoms with E-state index in [2.05, 4.69) is 5.32 Å². The Morgan fingerprint density at radius 1 is 1.04 bits per heavy atom. The molecule has 1 N–H and O–H groups in total. The van der Waals surface area contributed by atoms with Crippen molar-refractivity contribution in [3.8, 4) is 17.2 Å². The third kappa shape index (κ3) is 5.20. The van der Waals surface area contributed by atoms with Gasteiger partial charge in [-0.3, -0.25) is 10.1 Å². The van der Waals surface area contributed by atoms with Crippen molar-refractivity contribution in [2.24, 2.45) is 0 Å². The molecular formula is C19H22N2O5. The fraction of sp³-hybridized carbons (Fsp3) is 0.316. The quantitative estimate of drug-likeness (QED) is 0.620. The first-order chi connectivity index (χ1) is 12.0. The minimum Gasteiger partial charge on any atom is -0.457 e. The predicted octanol–water partition coefficient (Wildman–Crippen LogP) is 4.89. The zero-order valence-electron chi connectivity index (χ0n) is 15.5. The number of aryl methyl sites for hydroxylation is 2. The number of nitrogens with zero attached hydrogens (tertiary/aromatic N) is 1. The van der Waals surface area contributed by atoms with E-state index in [0.717, 1.165) is 11.1 Å². The van der Waals surface area contributed by atoms with E-state index in [1.54, 1.807) is 12.1 Å². The second kappa shape index (κ2) is 7.43. The van der Waals surface area contributed by atoms with Crippen LogP contribution in [0.15, 0.2) is 36.4 Å². The number of amides is 1. The minimum atomic E-state index is -0.524. The molecule has 0 aliphatic heterocycles. The fourth-order valence-corrected chi connectivity index (χ4v) is 2.18. The number of carbonyl (C=O) groups is 1. The van der Waals surface area contributed by atoms with Crippen LogP contribution in [0.25, 0.3) is 0 Å². The maximum atomic E-state index is 11.9. The molecule has 0 heterocycles. The Labute approximate surface area is 152 Å². The van der Waals surface area contributed by atoms with E-state index in [1.807, 2.05) is 34.6 Å². The summed E-state index contributed by atoms with van der Waals surface area (Å²) < 4.78 is 11.2. The van der Waals surface area contributed by atoms with Gasteiger partial charge in [0, 0.05) is 17.7 Å². The van der Waals surface area contributed by atoms with E-state index in [0.29, 0.717) is 17.2 Å². The molecule has 0 aromatic heterocycles. The Kier molecular flexibility index (Phi) is 5.50. The van der Waals surface area contributed by atoms with Crippen LogP contribution in [0.2, 0.25) is 0 Å². The molecule has 0 saturated carbocycles. The Bertz CT molecular complexity index is 823. The lowest BCUT2D eigenvalue weighted by molar-refractivity contribution is -0.384. The molecule has 2 rings (SSSR count). The normalized spacial score (nSPS) is 11.0. The monoisotopic (exact) mass is 358 g/mol. The molecule has 26 heavy (non-hydrogen) atoms. The predicted molar refractivity (Wildman–Crippen MR) is 98.0 cm³/mol. The smallest absolute Gasteiger partial charge is 0.413 e. The Hall–Kier alpha value is -3.09.